The van der Waals surface area contributed by atoms with Gasteiger partial charge in [-0.05, 0) is 293 Å². The average molecular weight is 2000 g/mol. The van der Waals surface area contributed by atoms with Crippen LogP contribution in [0.3, 0.4) is 0 Å². The quantitative estimate of drug-likeness (QED) is 0.0291. The lowest BCUT2D eigenvalue weighted by molar-refractivity contribution is -0.149. The zero-order chi connectivity index (χ0) is 103. The van der Waals surface area contributed by atoms with E-state index in [0.717, 1.165) is 386 Å². The number of carbonyl (C=O) groups excluding carboxylic acids is 9. The summed E-state index contributed by atoms with van der Waals surface area (Å²) in [4.78, 5) is 128. The summed E-state index contributed by atoms with van der Waals surface area (Å²) in [5, 5.41) is 10.0. The van der Waals surface area contributed by atoms with Crippen molar-refractivity contribution >= 4 is 53.5 Å². The van der Waals surface area contributed by atoms with E-state index in [9.17, 15) is 43.2 Å². The predicted octanol–water partition coefficient (Wildman–Crippen LogP) is 30.2. The van der Waals surface area contributed by atoms with Gasteiger partial charge in [-0.2, -0.15) is 0 Å². The molecule has 828 valence electrons. The minimum atomic E-state index is -0.493. The number of nitrogens with zero attached hydrogens (tertiary/aromatic N) is 3. The van der Waals surface area contributed by atoms with Crippen LogP contribution in [0.1, 0.15) is 584 Å². The van der Waals surface area contributed by atoms with Crippen molar-refractivity contribution in [3.63, 3.8) is 0 Å². The molecule has 1 aliphatic carbocycles. The summed E-state index contributed by atoms with van der Waals surface area (Å²) in [6.45, 7) is 35.4. The van der Waals surface area contributed by atoms with E-state index in [4.69, 9.17) is 28.4 Å². The van der Waals surface area contributed by atoms with Crippen LogP contribution < -0.4 is 16.0 Å². The Labute approximate surface area is 867 Å². The standard InChI is InChI=1S/C120H228N6O15/c1-13-19-25-55-76-103(7)136-112(127)82-61-43-31-37-49-67-91-124(92-68-50-38-32-44-62-83-113(128)137-104(8)77-56-26-20-14-2)97-73-88-121-118(133)109-100-110(119(134)122-89-74-98-125(93-69-51-39-33-45-63-84-114(129)138-105(9)78-57-27-21-15-3)94-70-52-40-34-46-64-85-115(130)139-106(10)79-58-28-22-16-4)102-111(101-109)120(135)123-90-75-99-126(95-71-53-41-35-47-65-86-116(131)140-107(11)80-59-29-23-17-5)96-72-54-42-36-48-66-87-117(132)141-108(12)81-60-30-24-18-6/h103-111H,13-102H2,1-12H3,(H,121,133)(H,122,134)(H,123,135). The molecule has 6 unspecified atom stereocenters. The second kappa shape index (κ2) is 98.4. The maximum atomic E-state index is 14.7. The van der Waals surface area contributed by atoms with Gasteiger partial charge in [-0.1, -0.05) is 311 Å². The highest BCUT2D eigenvalue weighted by atomic mass is 16.6. The fourth-order valence-electron chi connectivity index (χ4n) is 20.0. The number of carbonyl (C=O) groups is 9. The number of unbranched alkanes of at least 4 members (excludes halogenated alkanes) is 48. The van der Waals surface area contributed by atoms with Gasteiger partial charge in [0.15, 0.2) is 0 Å². The van der Waals surface area contributed by atoms with Crippen LogP contribution in [0.4, 0.5) is 0 Å². The van der Waals surface area contributed by atoms with Crippen molar-refractivity contribution in [2.45, 2.75) is 621 Å². The highest BCUT2D eigenvalue weighted by molar-refractivity contribution is 5.86. The molecule has 1 saturated carbocycles. The van der Waals surface area contributed by atoms with Crippen molar-refractivity contribution in [2.24, 2.45) is 17.8 Å². The van der Waals surface area contributed by atoms with Gasteiger partial charge in [-0.15, -0.1) is 0 Å². The fraction of sp³-hybridized carbons (Fsp3) is 0.925. The molecule has 1 rings (SSSR count). The third kappa shape index (κ3) is 86.8. The summed E-state index contributed by atoms with van der Waals surface area (Å²) >= 11 is 0. The molecule has 1 fully saturated rings. The smallest absolute Gasteiger partial charge is 0.306 e. The predicted molar refractivity (Wildman–Crippen MR) is 586 cm³/mol. The number of hydrogen-bond donors (Lipinski definition) is 3. The maximum absolute atomic E-state index is 14.7. The van der Waals surface area contributed by atoms with Gasteiger partial charge >= 0.3 is 35.8 Å². The summed E-state index contributed by atoms with van der Waals surface area (Å²) in [7, 11) is 0. The first kappa shape index (κ1) is 134. The number of nitrogens with one attached hydrogen (secondary N) is 3. The lowest BCUT2D eigenvalue weighted by atomic mass is 9.74. The van der Waals surface area contributed by atoms with Crippen LogP contribution in [0, 0.1) is 17.8 Å². The van der Waals surface area contributed by atoms with E-state index in [1.165, 1.54) is 116 Å². The minimum Gasteiger partial charge on any atom is -0.463 e. The van der Waals surface area contributed by atoms with E-state index < -0.39 is 17.8 Å². The maximum Gasteiger partial charge on any atom is 0.306 e. The van der Waals surface area contributed by atoms with Crippen molar-refractivity contribution < 1.29 is 71.6 Å². The molecule has 0 aromatic heterocycles. The van der Waals surface area contributed by atoms with E-state index in [0.29, 0.717) is 77.4 Å². The monoisotopic (exact) mass is 1990 g/mol. The Morgan fingerprint density at radius 3 is 0.482 bits per heavy atom. The highest BCUT2D eigenvalue weighted by Crippen LogP contribution is 2.35. The lowest BCUT2D eigenvalue weighted by Gasteiger charge is -2.33. The average Bonchev–Trinajstić information content (AvgIpc) is 0.824. The molecule has 3 amide bonds. The number of rotatable bonds is 105. The van der Waals surface area contributed by atoms with Gasteiger partial charge in [0, 0.05) is 75.9 Å². The normalized spacial score (nSPS) is 15.1. The molecule has 141 heavy (non-hydrogen) atoms. The molecular formula is C120H228N6O15. The Morgan fingerprint density at radius 2 is 0.326 bits per heavy atom. The van der Waals surface area contributed by atoms with Crippen molar-refractivity contribution in [1.82, 2.24) is 30.7 Å². The molecule has 0 aromatic rings. The molecule has 0 bridgehead atoms. The largest absolute Gasteiger partial charge is 0.463 e. The van der Waals surface area contributed by atoms with E-state index in [2.05, 4.69) is 72.2 Å². The summed E-state index contributed by atoms with van der Waals surface area (Å²) in [5.41, 5.74) is 0. The zero-order valence-electron chi connectivity index (χ0n) is 94.3. The van der Waals surface area contributed by atoms with Crippen LogP contribution in [0.25, 0.3) is 0 Å². The Kier molecular flexibility index (Phi) is 93.6. The van der Waals surface area contributed by atoms with Crippen LogP contribution in [-0.4, -0.2) is 183 Å². The lowest BCUT2D eigenvalue weighted by Crippen LogP contribution is -2.45. The molecule has 0 radical (unpaired) electrons. The molecule has 0 heterocycles. The Hall–Kier alpha value is -4.89. The van der Waals surface area contributed by atoms with Crippen LogP contribution >= 0.6 is 0 Å². The first-order valence-electron chi connectivity index (χ1n) is 60.7. The molecular weight excluding hydrogens is 1770 g/mol. The Balaban J connectivity index is 3.39. The van der Waals surface area contributed by atoms with Gasteiger partial charge in [0.25, 0.3) is 0 Å². The van der Waals surface area contributed by atoms with E-state index in [1.54, 1.807) is 0 Å². The molecule has 21 heteroatoms. The molecule has 1 aliphatic rings. The molecule has 0 aromatic carbocycles. The summed E-state index contributed by atoms with van der Waals surface area (Å²) in [6.07, 6.45) is 77.9. The minimum absolute atomic E-state index is 0.0215. The third-order valence-electron chi connectivity index (χ3n) is 29.1. The van der Waals surface area contributed by atoms with Crippen LogP contribution in [-0.2, 0) is 71.6 Å². The fourth-order valence-corrected chi connectivity index (χ4v) is 20.0. The summed E-state index contributed by atoms with van der Waals surface area (Å²) < 4.78 is 34.4. The van der Waals surface area contributed by atoms with Crippen molar-refractivity contribution in [2.75, 3.05) is 78.5 Å². The number of amides is 3. The Bertz CT molecular complexity index is 2480. The van der Waals surface area contributed by atoms with Gasteiger partial charge in [0.05, 0.1) is 36.6 Å². The van der Waals surface area contributed by atoms with Crippen molar-refractivity contribution in [1.29, 1.82) is 0 Å². The SMILES string of the molecule is CCCCCCC(C)OC(=O)CCCCCCCCN(CCCCCCCCC(=O)OC(C)CCCCCC)CCCNC(=O)C1CC(C(=O)NCCCN(CCCCCCCCC(=O)OC(C)CCCCCC)CCCCCCCCC(=O)OC(C)CCCCCC)CC(C(=O)NCCCN(CCCCCCCCC(=O)OC(C)CCCCCC)CCCCCCCCC(=O)OC(C)CCCCCC)C1. The molecule has 0 spiro atoms. The zero-order valence-corrected chi connectivity index (χ0v) is 94.3. The molecule has 3 N–H and O–H groups in total. The first-order valence-corrected chi connectivity index (χ1v) is 60.7. The van der Waals surface area contributed by atoms with E-state index >= 15 is 0 Å². The van der Waals surface area contributed by atoms with Crippen molar-refractivity contribution in [3.05, 3.63) is 0 Å². The van der Waals surface area contributed by atoms with Crippen molar-refractivity contribution in [3.8, 4) is 0 Å². The summed E-state index contributed by atoms with van der Waals surface area (Å²) in [5.74, 6) is -2.14. The third-order valence-corrected chi connectivity index (χ3v) is 29.1. The number of hydrogen-bond acceptors (Lipinski definition) is 18. The topological polar surface area (TPSA) is 255 Å². The summed E-state index contributed by atoms with van der Waals surface area (Å²) in [6, 6.07) is 0. The number of ether oxygens (including phenoxy) is 6. The molecule has 21 nitrogen and oxygen atoms in total. The van der Waals surface area contributed by atoms with Crippen LogP contribution in [0.2, 0.25) is 0 Å². The van der Waals surface area contributed by atoms with E-state index in [1.807, 2.05) is 41.5 Å². The second-order valence-electron chi connectivity index (χ2n) is 43.4. The second-order valence-corrected chi connectivity index (χ2v) is 43.4. The van der Waals surface area contributed by atoms with Crippen LogP contribution in [0.15, 0.2) is 0 Å². The van der Waals surface area contributed by atoms with Crippen LogP contribution in [0.5, 0.6) is 0 Å². The van der Waals surface area contributed by atoms with Gasteiger partial charge in [0.2, 0.25) is 17.7 Å². The molecule has 0 saturated heterocycles. The van der Waals surface area contributed by atoms with Gasteiger partial charge < -0.3 is 59.1 Å². The van der Waals surface area contributed by atoms with Gasteiger partial charge in [-0.3, -0.25) is 43.2 Å². The molecule has 0 aliphatic heterocycles. The first-order chi connectivity index (χ1) is 68.5. The van der Waals surface area contributed by atoms with Gasteiger partial charge in [-0.25, -0.2) is 0 Å². The van der Waals surface area contributed by atoms with E-state index in [-0.39, 0.29) is 90.2 Å². The molecule has 6 atom stereocenters. The number of esters is 6. The Morgan fingerprint density at radius 1 is 0.191 bits per heavy atom. The van der Waals surface area contributed by atoms with Gasteiger partial charge in [0.1, 0.15) is 0 Å². The highest BCUT2D eigenvalue weighted by Gasteiger charge is 2.39.